The molecule has 0 aliphatic heterocycles. The summed E-state index contributed by atoms with van der Waals surface area (Å²) in [5, 5.41) is 37.5. The molecule has 0 saturated heterocycles. The van der Waals surface area contributed by atoms with Crippen molar-refractivity contribution >= 4 is 35.7 Å². The summed E-state index contributed by atoms with van der Waals surface area (Å²) in [6, 6.07) is 22.6. The molecule has 4 rings (SSSR count). The van der Waals surface area contributed by atoms with Crippen LogP contribution in [0.15, 0.2) is 97.1 Å². The SMILES string of the molecule is COc1ccc(/C=C/C(=O)OCC(=O)Cc2ccc(C)c(O)c2)cc1.O=C(COC(=O)/C=C/c1ccc(O)c(O)c1)Cc1cccc(O)c1. The Morgan fingerprint density at radius 1 is 0.612 bits per heavy atom. The molecule has 4 N–H and O–H groups in total. The van der Waals surface area contributed by atoms with Gasteiger partial charge in [0, 0.05) is 25.0 Å². The van der Waals surface area contributed by atoms with E-state index in [0.29, 0.717) is 16.7 Å². The highest BCUT2D eigenvalue weighted by molar-refractivity contribution is 5.91. The smallest absolute Gasteiger partial charge is 0.331 e. The Hall–Kier alpha value is -6.36. The number of rotatable bonds is 13. The van der Waals surface area contributed by atoms with Gasteiger partial charge < -0.3 is 34.6 Å². The van der Waals surface area contributed by atoms with E-state index in [1.54, 1.807) is 74.7 Å². The normalized spacial score (nSPS) is 10.7. The zero-order chi connectivity index (χ0) is 35.8. The van der Waals surface area contributed by atoms with E-state index >= 15 is 0 Å². The highest BCUT2D eigenvalue weighted by Gasteiger charge is 2.09. The molecule has 0 radical (unpaired) electrons. The molecule has 0 bridgehead atoms. The number of phenolic OH excluding ortho intramolecular Hbond substituents is 4. The van der Waals surface area contributed by atoms with Crippen LogP contribution < -0.4 is 4.74 Å². The van der Waals surface area contributed by atoms with Crippen molar-refractivity contribution in [1.82, 2.24) is 0 Å². The highest BCUT2D eigenvalue weighted by Crippen LogP contribution is 2.25. The van der Waals surface area contributed by atoms with Gasteiger partial charge in [-0.25, -0.2) is 9.59 Å². The maximum atomic E-state index is 11.9. The largest absolute Gasteiger partial charge is 0.508 e. The molecule has 254 valence electrons. The Kier molecular flexibility index (Phi) is 14.2. The van der Waals surface area contributed by atoms with Crippen molar-refractivity contribution in [2.24, 2.45) is 0 Å². The third kappa shape index (κ3) is 13.5. The summed E-state index contributed by atoms with van der Waals surface area (Å²) >= 11 is 0. The number of aryl methyl sites for hydroxylation is 1. The summed E-state index contributed by atoms with van der Waals surface area (Å²) in [6.45, 7) is 1.10. The molecule has 0 fully saturated rings. The van der Waals surface area contributed by atoms with Crippen LogP contribution in [0, 0.1) is 6.92 Å². The Morgan fingerprint density at radius 2 is 1.18 bits per heavy atom. The number of aromatic hydroxyl groups is 4. The molecule has 0 atom stereocenters. The first-order chi connectivity index (χ1) is 23.4. The molecular weight excluding hydrogens is 632 g/mol. The summed E-state index contributed by atoms with van der Waals surface area (Å²) < 4.78 is 14.8. The summed E-state index contributed by atoms with van der Waals surface area (Å²) in [4.78, 5) is 46.8. The van der Waals surface area contributed by atoms with Gasteiger partial charge in [-0.15, -0.1) is 0 Å². The summed E-state index contributed by atoms with van der Waals surface area (Å²) in [5.41, 5.74) is 3.36. The molecule has 11 nitrogen and oxygen atoms in total. The van der Waals surface area contributed by atoms with Crippen molar-refractivity contribution < 1.29 is 53.8 Å². The van der Waals surface area contributed by atoms with Crippen molar-refractivity contribution in [3.63, 3.8) is 0 Å². The molecule has 4 aromatic rings. The van der Waals surface area contributed by atoms with Gasteiger partial charge in [0.05, 0.1) is 7.11 Å². The maximum Gasteiger partial charge on any atom is 0.331 e. The van der Waals surface area contributed by atoms with Gasteiger partial charge in [0.2, 0.25) is 0 Å². The lowest BCUT2D eigenvalue weighted by Crippen LogP contribution is -2.14. The number of hydrogen-bond acceptors (Lipinski definition) is 11. The molecule has 0 aliphatic rings. The van der Waals surface area contributed by atoms with Gasteiger partial charge >= 0.3 is 11.9 Å². The van der Waals surface area contributed by atoms with Crippen molar-refractivity contribution in [2.45, 2.75) is 19.8 Å². The van der Waals surface area contributed by atoms with E-state index in [1.807, 2.05) is 0 Å². The number of ether oxygens (including phenoxy) is 3. The van der Waals surface area contributed by atoms with Crippen LogP contribution in [0.1, 0.15) is 27.8 Å². The van der Waals surface area contributed by atoms with Gasteiger partial charge in [0.1, 0.15) is 17.2 Å². The van der Waals surface area contributed by atoms with Gasteiger partial charge in [-0.1, -0.05) is 42.5 Å². The molecule has 4 aromatic carbocycles. The van der Waals surface area contributed by atoms with Crippen molar-refractivity contribution in [2.75, 3.05) is 20.3 Å². The fourth-order valence-corrected chi connectivity index (χ4v) is 4.08. The number of Topliss-reactive ketones (excluding diaryl/α,β-unsaturated/α-hetero) is 2. The van der Waals surface area contributed by atoms with Crippen LogP contribution in [0.4, 0.5) is 0 Å². The lowest BCUT2D eigenvalue weighted by molar-refractivity contribution is -0.143. The van der Waals surface area contributed by atoms with Gasteiger partial charge in [-0.05, 0) is 89.4 Å². The first kappa shape index (κ1) is 37.1. The van der Waals surface area contributed by atoms with E-state index in [9.17, 15) is 39.6 Å². The van der Waals surface area contributed by atoms with E-state index in [2.05, 4.69) is 0 Å². The molecular formula is C38H36O11. The molecule has 49 heavy (non-hydrogen) atoms. The summed E-state index contributed by atoms with van der Waals surface area (Å²) in [5.74, 6) is -1.45. The minimum atomic E-state index is -0.702. The van der Waals surface area contributed by atoms with E-state index in [0.717, 1.165) is 23.0 Å². The third-order valence-corrected chi connectivity index (χ3v) is 6.68. The summed E-state index contributed by atoms with van der Waals surface area (Å²) in [7, 11) is 1.58. The van der Waals surface area contributed by atoms with Crippen molar-refractivity contribution in [3.8, 4) is 28.7 Å². The number of carbonyl (C=O) groups is 4. The average molecular weight is 669 g/mol. The monoisotopic (exact) mass is 668 g/mol. The maximum absolute atomic E-state index is 11.9. The number of carbonyl (C=O) groups excluding carboxylic acids is 4. The van der Waals surface area contributed by atoms with Crippen molar-refractivity contribution in [3.05, 3.63) is 125 Å². The van der Waals surface area contributed by atoms with Gasteiger partial charge in [-0.3, -0.25) is 9.59 Å². The molecule has 0 aromatic heterocycles. The second-order valence-electron chi connectivity index (χ2n) is 10.6. The van der Waals surface area contributed by atoms with Gasteiger partial charge in [0.15, 0.2) is 36.3 Å². The number of hydrogen-bond donors (Lipinski definition) is 4. The number of benzene rings is 4. The second-order valence-corrected chi connectivity index (χ2v) is 10.6. The van der Waals surface area contributed by atoms with Crippen LogP contribution in [0.25, 0.3) is 12.2 Å². The quantitative estimate of drug-likeness (QED) is 0.0831. The Balaban J connectivity index is 0.000000266. The van der Waals surface area contributed by atoms with Gasteiger partial charge in [-0.2, -0.15) is 0 Å². The molecule has 0 saturated carbocycles. The first-order valence-electron chi connectivity index (χ1n) is 14.9. The predicted molar refractivity (Wildman–Crippen MR) is 181 cm³/mol. The minimum absolute atomic E-state index is 0.0528. The van der Waals surface area contributed by atoms with Crippen LogP contribution >= 0.6 is 0 Å². The van der Waals surface area contributed by atoms with E-state index in [1.165, 1.54) is 42.5 Å². The van der Waals surface area contributed by atoms with Gasteiger partial charge in [0.25, 0.3) is 0 Å². The number of ketones is 2. The number of esters is 2. The Labute approximate surface area is 283 Å². The summed E-state index contributed by atoms with van der Waals surface area (Å²) in [6.07, 6.45) is 5.53. The van der Waals surface area contributed by atoms with Crippen LogP contribution in [-0.4, -0.2) is 64.3 Å². The fourth-order valence-electron chi connectivity index (χ4n) is 4.08. The Bertz CT molecular complexity index is 1820. The molecule has 0 unspecified atom stereocenters. The molecule has 0 heterocycles. The van der Waals surface area contributed by atoms with Crippen LogP contribution in [0.2, 0.25) is 0 Å². The lowest BCUT2D eigenvalue weighted by Gasteiger charge is -2.04. The van der Waals surface area contributed by atoms with E-state index in [4.69, 9.17) is 14.2 Å². The lowest BCUT2D eigenvalue weighted by atomic mass is 10.1. The average Bonchev–Trinajstić information content (AvgIpc) is 3.08. The third-order valence-electron chi connectivity index (χ3n) is 6.68. The van der Waals surface area contributed by atoms with Crippen LogP contribution in [-0.2, 0) is 41.5 Å². The zero-order valence-electron chi connectivity index (χ0n) is 26.9. The zero-order valence-corrected chi connectivity index (χ0v) is 26.9. The Morgan fingerprint density at radius 3 is 1.73 bits per heavy atom. The van der Waals surface area contributed by atoms with Crippen LogP contribution in [0.5, 0.6) is 28.7 Å². The molecule has 11 heteroatoms. The molecule has 0 aliphatic carbocycles. The fraction of sp³-hybridized carbons (Fsp3) is 0.158. The van der Waals surface area contributed by atoms with Crippen molar-refractivity contribution in [1.29, 1.82) is 0 Å². The number of phenols is 4. The number of methoxy groups -OCH3 is 1. The molecule has 0 spiro atoms. The van der Waals surface area contributed by atoms with Crippen LogP contribution in [0.3, 0.4) is 0 Å². The molecule has 0 amide bonds. The second kappa shape index (κ2) is 18.7. The standard InChI is InChI=1S/C20H20O5.C18H16O6/c1-14-3-4-16(12-19(14)22)11-17(21)13-25-20(23)10-7-15-5-8-18(24-2)9-6-15;19-14-3-1-2-13(8-14)9-15(20)11-24-18(23)7-5-12-4-6-16(21)17(22)10-12/h3-10,12,22H,11,13H2,1-2H3;1-8,10,19,21-22H,9,11H2/b10-7+;7-5+. The topological polar surface area (TPSA) is 177 Å². The minimum Gasteiger partial charge on any atom is -0.508 e. The highest BCUT2D eigenvalue weighted by atomic mass is 16.5. The van der Waals surface area contributed by atoms with E-state index in [-0.39, 0.29) is 60.6 Å². The predicted octanol–water partition coefficient (Wildman–Crippen LogP) is 5.25. The van der Waals surface area contributed by atoms with E-state index < -0.39 is 11.9 Å². The first-order valence-corrected chi connectivity index (χ1v) is 14.9.